The van der Waals surface area contributed by atoms with Crippen LogP contribution >= 0.6 is 0 Å². The van der Waals surface area contributed by atoms with Crippen LogP contribution in [0.5, 0.6) is 0 Å². The van der Waals surface area contributed by atoms with Crippen LogP contribution in [0.1, 0.15) is 79.1 Å². The van der Waals surface area contributed by atoms with Gasteiger partial charge in [0.2, 0.25) is 0 Å². The topological polar surface area (TPSA) is 63.7 Å². The van der Waals surface area contributed by atoms with Gasteiger partial charge in [-0.1, -0.05) is 18.9 Å². The molecule has 4 aliphatic rings. The maximum absolute atomic E-state index is 13.2. The van der Waals surface area contributed by atoms with Crippen LogP contribution in [0.3, 0.4) is 0 Å². The Morgan fingerprint density at radius 1 is 1.07 bits per heavy atom. The van der Waals surface area contributed by atoms with Gasteiger partial charge in [0.25, 0.3) is 0 Å². The normalized spacial score (nSPS) is 39.3. The first kappa shape index (κ1) is 21.6. The van der Waals surface area contributed by atoms with Crippen molar-refractivity contribution in [1.82, 2.24) is 4.90 Å². The molecule has 5 heteroatoms. The third-order valence-electron chi connectivity index (χ3n) is 7.92. The number of ether oxygens (including phenoxy) is 1. The third kappa shape index (κ3) is 4.09. The SMILES string of the molecule is C[C@H]1CC[C@H]2C(=O)C[C@H]([C@@H]3C=CC(=O)[C@@H]4CCCC[C@@H]34)C[C@H]2N1C(=O)OC(C)(C)C. The Balaban J connectivity index is 1.58. The summed E-state index contributed by atoms with van der Waals surface area (Å²) < 4.78 is 5.73. The number of nitrogens with zero attached hydrogens (tertiary/aromatic N) is 1. The highest BCUT2D eigenvalue weighted by atomic mass is 16.6. The van der Waals surface area contributed by atoms with Crippen molar-refractivity contribution < 1.29 is 19.1 Å². The predicted octanol–water partition coefficient (Wildman–Crippen LogP) is 4.93. The second-order valence-corrected chi connectivity index (χ2v) is 11.0. The highest BCUT2D eigenvalue weighted by Gasteiger charge is 2.50. The van der Waals surface area contributed by atoms with Crippen molar-refractivity contribution >= 4 is 17.7 Å². The first-order valence-electron chi connectivity index (χ1n) is 11.9. The summed E-state index contributed by atoms with van der Waals surface area (Å²) in [5.41, 5.74) is -0.552. The Hall–Kier alpha value is -1.65. The number of hydrogen-bond donors (Lipinski definition) is 0. The summed E-state index contributed by atoms with van der Waals surface area (Å²) >= 11 is 0. The molecule has 0 spiro atoms. The van der Waals surface area contributed by atoms with Crippen molar-refractivity contribution in [2.75, 3.05) is 0 Å². The lowest BCUT2D eigenvalue weighted by molar-refractivity contribution is -0.134. The molecule has 0 aromatic rings. The molecule has 3 fully saturated rings. The minimum absolute atomic E-state index is 0.0682. The van der Waals surface area contributed by atoms with E-state index >= 15 is 0 Å². The Morgan fingerprint density at radius 2 is 1.80 bits per heavy atom. The van der Waals surface area contributed by atoms with Gasteiger partial charge in [-0.25, -0.2) is 4.79 Å². The van der Waals surface area contributed by atoms with Crippen molar-refractivity contribution in [3.63, 3.8) is 0 Å². The highest BCUT2D eigenvalue weighted by Crippen LogP contribution is 2.48. The monoisotopic (exact) mass is 415 g/mol. The molecule has 0 aromatic heterocycles. The molecule has 166 valence electrons. The van der Waals surface area contributed by atoms with Gasteiger partial charge in [-0.05, 0) is 83.6 Å². The quantitative estimate of drug-likeness (QED) is 0.609. The van der Waals surface area contributed by atoms with Crippen LogP contribution in [-0.2, 0) is 14.3 Å². The van der Waals surface area contributed by atoms with Crippen molar-refractivity contribution in [1.29, 1.82) is 0 Å². The van der Waals surface area contributed by atoms with Gasteiger partial charge in [0.1, 0.15) is 11.4 Å². The Morgan fingerprint density at radius 3 is 2.53 bits per heavy atom. The zero-order valence-corrected chi connectivity index (χ0v) is 18.9. The van der Waals surface area contributed by atoms with Crippen LogP contribution in [0.25, 0.3) is 0 Å². The molecule has 3 aliphatic carbocycles. The van der Waals surface area contributed by atoms with Gasteiger partial charge in [-0.2, -0.15) is 0 Å². The fourth-order valence-corrected chi connectivity index (χ4v) is 6.61. The Kier molecular flexibility index (Phi) is 5.84. The summed E-state index contributed by atoms with van der Waals surface area (Å²) in [5.74, 6) is 1.49. The lowest BCUT2D eigenvalue weighted by atomic mass is 9.60. The van der Waals surface area contributed by atoms with E-state index in [0.717, 1.165) is 38.5 Å². The summed E-state index contributed by atoms with van der Waals surface area (Å²) in [5, 5.41) is 0. The number of ketones is 2. The second kappa shape index (κ2) is 8.12. The zero-order chi connectivity index (χ0) is 21.6. The molecule has 1 amide bonds. The van der Waals surface area contributed by atoms with Gasteiger partial charge in [0.15, 0.2) is 5.78 Å². The molecule has 1 saturated heterocycles. The van der Waals surface area contributed by atoms with Crippen LogP contribution in [0.2, 0.25) is 0 Å². The fraction of sp³-hybridized carbons (Fsp3) is 0.800. The largest absolute Gasteiger partial charge is 0.444 e. The lowest BCUT2D eigenvalue weighted by Gasteiger charge is -2.50. The van der Waals surface area contributed by atoms with E-state index in [9.17, 15) is 14.4 Å². The van der Waals surface area contributed by atoms with Crippen LogP contribution in [0.4, 0.5) is 4.79 Å². The molecule has 2 saturated carbocycles. The zero-order valence-electron chi connectivity index (χ0n) is 18.9. The number of Topliss-reactive ketones (excluding diaryl/α,β-unsaturated/α-hetero) is 1. The number of amides is 1. The predicted molar refractivity (Wildman–Crippen MR) is 115 cm³/mol. The molecule has 0 aromatic carbocycles. The number of fused-ring (bicyclic) bond motifs is 2. The fourth-order valence-electron chi connectivity index (χ4n) is 6.61. The minimum Gasteiger partial charge on any atom is -0.444 e. The molecule has 0 radical (unpaired) electrons. The third-order valence-corrected chi connectivity index (χ3v) is 7.92. The van der Waals surface area contributed by atoms with Gasteiger partial charge in [-0.3, -0.25) is 9.59 Å². The van der Waals surface area contributed by atoms with Gasteiger partial charge in [-0.15, -0.1) is 0 Å². The smallest absolute Gasteiger partial charge is 0.410 e. The number of piperidine rings is 1. The second-order valence-electron chi connectivity index (χ2n) is 11.0. The molecular weight excluding hydrogens is 378 g/mol. The minimum atomic E-state index is -0.552. The van der Waals surface area contributed by atoms with E-state index in [1.54, 1.807) is 6.08 Å². The number of allylic oxidation sites excluding steroid dienone is 2. The number of likely N-dealkylation sites (tertiary alicyclic amines) is 1. The Labute approximate surface area is 180 Å². The van der Waals surface area contributed by atoms with Crippen LogP contribution < -0.4 is 0 Å². The molecule has 1 heterocycles. The molecule has 1 aliphatic heterocycles. The molecular formula is C25H37NO4. The van der Waals surface area contributed by atoms with Crippen LogP contribution in [0.15, 0.2) is 12.2 Å². The molecule has 0 unspecified atom stereocenters. The summed E-state index contributed by atoms with van der Waals surface area (Å²) in [6.45, 7) is 7.74. The van der Waals surface area contributed by atoms with E-state index < -0.39 is 5.60 Å². The number of carbonyl (C=O) groups excluding carboxylic acids is 3. The molecule has 0 N–H and O–H groups in total. The van der Waals surface area contributed by atoms with E-state index in [0.29, 0.717) is 18.1 Å². The van der Waals surface area contributed by atoms with Crippen molar-refractivity contribution in [3.8, 4) is 0 Å². The summed E-state index contributed by atoms with van der Waals surface area (Å²) in [4.78, 5) is 40.6. The van der Waals surface area contributed by atoms with E-state index in [-0.39, 0.29) is 47.6 Å². The lowest BCUT2D eigenvalue weighted by Crippen LogP contribution is -2.59. The van der Waals surface area contributed by atoms with Gasteiger partial charge in [0, 0.05) is 30.3 Å². The first-order valence-corrected chi connectivity index (χ1v) is 11.9. The summed E-state index contributed by atoms with van der Waals surface area (Å²) in [7, 11) is 0. The first-order chi connectivity index (χ1) is 14.2. The number of carbonyl (C=O) groups is 3. The standard InChI is InChI=1S/C25H37NO4/c1-15-9-10-20-21(26(15)24(29)30-25(2,3)4)13-16(14-23(20)28)17-11-12-22(27)19-8-6-5-7-18(17)19/h11-12,15-21H,5-10,13-14H2,1-4H3/t15-,16+,17-,18-,19+,20+,21+/m0/s1. The van der Waals surface area contributed by atoms with E-state index in [4.69, 9.17) is 4.74 Å². The summed E-state index contributed by atoms with van der Waals surface area (Å²) in [6, 6.07) is 0.00136. The Bertz CT molecular complexity index is 736. The van der Waals surface area contributed by atoms with E-state index in [1.165, 1.54) is 6.42 Å². The maximum atomic E-state index is 13.2. The van der Waals surface area contributed by atoms with Crippen LogP contribution in [0, 0.1) is 29.6 Å². The number of hydrogen-bond acceptors (Lipinski definition) is 4. The highest BCUT2D eigenvalue weighted by molar-refractivity contribution is 5.93. The molecule has 5 nitrogen and oxygen atoms in total. The van der Waals surface area contributed by atoms with Crippen molar-refractivity contribution in [2.24, 2.45) is 29.6 Å². The van der Waals surface area contributed by atoms with Crippen LogP contribution in [-0.4, -0.2) is 40.2 Å². The maximum Gasteiger partial charge on any atom is 0.410 e. The molecule has 30 heavy (non-hydrogen) atoms. The van der Waals surface area contributed by atoms with Crippen molar-refractivity contribution in [2.45, 2.75) is 96.7 Å². The average Bonchev–Trinajstić information content (AvgIpc) is 2.66. The summed E-state index contributed by atoms with van der Waals surface area (Å²) in [6.07, 6.45) is 11.1. The molecule has 7 atom stereocenters. The van der Waals surface area contributed by atoms with Crippen molar-refractivity contribution in [3.05, 3.63) is 12.2 Å². The molecule has 4 rings (SSSR count). The van der Waals surface area contributed by atoms with E-state index in [2.05, 4.69) is 13.0 Å². The van der Waals surface area contributed by atoms with Gasteiger partial charge >= 0.3 is 6.09 Å². The van der Waals surface area contributed by atoms with Gasteiger partial charge in [0.05, 0.1) is 0 Å². The van der Waals surface area contributed by atoms with E-state index in [1.807, 2.05) is 25.7 Å². The van der Waals surface area contributed by atoms with Gasteiger partial charge < -0.3 is 9.64 Å². The average molecular weight is 416 g/mol. The number of rotatable bonds is 1. The molecule has 0 bridgehead atoms.